The number of hydrogen-bond acceptors (Lipinski definition) is 6. The van der Waals surface area contributed by atoms with Crippen LogP contribution in [0.25, 0.3) is 10.2 Å². The molecule has 2 heterocycles. The van der Waals surface area contributed by atoms with E-state index in [0.717, 1.165) is 27.1 Å². The Morgan fingerprint density at radius 2 is 1.93 bits per heavy atom. The number of nitrogens with zero attached hydrogens (tertiary/aromatic N) is 2. The van der Waals surface area contributed by atoms with Gasteiger partial charge in [0.15, 0.2) is 10.8 Å². The zero-order chi connectivity index (χ0) is 19.7. The first-order chi connectivity index (χ1) is 13.5. The van der Waals surface area contributed by atoms with E-state index < -0.39 is 0 Å². The van der Waals surface area contributed by atoms with E-state index in [-0.39, 0.29) is 18.2 Å². The van der Waals surface area contributed by atoms with Crippen molar-refractivity contribution in [3.05, 3.63) is 70.6 Å². The van der Waals surface area contributed by atoms with E-state index in [1.54, 1.807) is 6.92 Å². The number of amides is 1. The summed E-state index contributed by atoms with van der Waals surface area (Å²) < 4.78 is 12.1. The molecule has 0 spiro atoms. The van der Waals surface area contributed by atoms with Gasteiger partial charge in [0.2, 0.25) is 0 Å². The van der Waals surface area contributed by atoms with Crippen LogP contribution >= 0.6 is 11.3 Å². The molecule has 2 aromatic carbocycles. The minimum atomic E-state index is -0.365. The second kappa shape index (κ2) is 7.44. The lowest BCUT2D eigenvalue weighted by molar-refractivity contribution is 0.101. The Hall–Kier alpha value is -3.19. The SMILES string of the molecule is Cc1ccc(OCc2c(C(=O)Nc3nc4c(C)cccc4s3)noc2C)cc1. The number of anilines is 1. The topological polar surface area (TPSA) is 77.2 Å². The molecule has 4 aromatic rings. The van der Waals surface area contributed by atoms with Crippen LogP contribution in [0.4, 0.5) is 5.13 Å². The molecule has 1 amide bonds. The predicted octanol–water partition coefficient (Wildman–Crippen LogP) is 5.04. The number of para-hydroxylation sites is 1. The van der Waals surface area contributed by atoms with Crippen LogP contribution in [-0.2, 0) is 6.61 Å². The van der Waals surface area contributed by atoms with Crippen molar-refractivity contribution in [1.29, 1.82) is 0 Å². The van der Waals surface area contributed by atoms with Crippen molar-refractivity contribution in [1.82, 2.24) is 10.1 Å². The van der Waals surface area contributed by atoms with Crippen molar-refractivity contribution in [3.8, 4) is 5.75 Å². The number of ether oxygens (including phenoxy) is 1. The minimum absolute atomic E-state index is 0.195. The van der Waals surface area contributed by atoms with Crippen LogP contribution in [0.15, 0.2) is 47.0 Å². The molecule has 0 bridgehead atoms. The average Bonchev–Trinajstić information content (AvgIpc) is 3.25. The number of carbonyl (C=O) groups excluding carboxylic acids is 1. The molecule has 0 saturated heterocycles. The summed E-state index contributed by atoms with van der Waals surface area (Å²) in [5, 5.41) is 7.27. The molecule has 7 heteroatoms. The predicted molar refractivity (Wildman–Crippen MR) is 109 cm³/mol. The van der Waals surface area contributed by atoms with Crippen molar-refractivity contribution < 1.29 is 14.1 Å². The standard InChI is InChI=1S/C21H19N3O3S/c1-12-7-9-15(10-8-12)26-11-16-14(3)27-24-19(16)20(25)23-21-22-18-13(2)5-4-6-17(18)28-21/h4-10H,11H2,1-3H3,(H,22,23,25). The smallest absolute Gasteiger partial charge is 0.280 e. The third-order valence-electron chi connectivity index (χ3n) is 4.45. The fourth-order valence-electron chi connectivity index (χ4n) is 2.83. The number of fused-ring (bicyclic) bond motifs is 1. The Labute approximate surface area is 166 Å². The van der Waals surface area contributed by atoms with E-state index in [0.29, 0.717) is 16.5 Å². The summed E-state index contributed by atoms with van der Waals surface area (Å²) in [6.07, 6.45) is 0. The van der Waals surface area contributed by atoms with E-state index in [1.807, 2.05) is 56.3 Å². The Morgan fingerprint density at radius 3 is 2.68 bits per heavy atom. The van der Waals surface area contributed by atoms with Crippen molar-refractivity contribution in [2.24, 2.45) is 0 Å². The van der Waals surface area contributed by atoms with Gasteiger partial charge in [0.1, 0.15) is 18.1 Å². The fraction of sp³-hybridized carbons (Fsp3) is 0.190. The summed E-state index contributed by atoms with van der Waals surface area (Å²) in [4.78, 5) is 17.3. The molecule has 0 aliphatic rings. The number of aryl methyl sites for hydroxylation is 3. The highest BCUT2D eigenvalue weighted by molar-refractivity contribution is 7.22. The maximum Gasteiger partial charge on any atom is 0.280 e. The van der Waals surface area contributed by atoms with Crippen LogP contribution in [0.2, 0.25) is 0 Å². The quantitative estimate of drug-likeness (QED) is 0.514. The second-order valence-electron chi connectivity index (χ2n) is 6.56. The Kier molecular flexibility index (Phi) is 4.83. The lowest BCUT2D eigenvalue weighted by Crippen LogP contribution is -2.15. The molecule has 4 rings (SSSR count). The zero-order valence-electron chi connectivity index (χ0n) is 15.8. The summed E-state index contributed by atoms with van der Waals surface area (Å²) >= 11 is 1.43. The molecular weight excluding hydrogens is 374 g/mol. The minimum Gasteiger partial charge on any atom is -0.489 e. The zero-order valence-corrected chi connectivity index (χ0v) is 16.6. The number of aromatic nitrogens is 2. The van der Waals surface area contributed by atoms with E-state index in [1.165, 1.54) is 11.3 Å². The lowest BCUT2D eigenvalue weighted by atomic mass is 10.2. The lowest BCUT2D eigenvalue weighted by Gasteiger charge is -2.07. The second-order valence-corrected chi connectivity index (χ2v) is 7.59. The van der Waals surface area contributed by atoms with Crippen molar-refractivity contribution in [2.45, 2.75) is 27.4 Å². The van der Waals surface area contributed by atoms with Gasteiger partial charge in [-0.1, -0.05) is 46.3 Å². The maximum absolute atomic E-state index is 12.7. The highest BCUT2D eigenvalue weighted by Crippen LogP contribution is 2.28. The molecule has 0 unspecified atom stereocenters. The number of nitrogens with one attached hydrogen (secondary N) is 1. The van der Waals surface area contributed by atoms with E-state index in [4.69, 9.17) is 9.26 Å². The van der Waals surface area contributed by atoms with Crippen LogP contribution < -0.4 is 10.1 Å². The van der Waals surface area contributed by atoms with Gasteiger partial charge in [0, 0.05) is 0 Å². The molecule has 2 aromatic heterocycles. The van der Waals surface area contributed by atoms with Crippen molar-refractivity contribution >= 4 is 32.6 Å². The first-order valence-corrected chi connectivity index (χ1v) is 9.65. The molecule has 0 atom stereocenters. The number of thiazole rings is 1. The van der Waals surface area contributed by atoms with Gasteiger partial charge < -0.3 is 9.26 Å². The van der Waals surface area contributed by atoms with Gasteiger partial charge in [-0.2, -0.15) is 0 Å². The molecular formula is C21H19N3O3S. The fourth-order valence-corrected chi connectivity index (χ4v) is 3.76. The molecule has 0 aliphatic carbocycles. The van der Waals surface area contributed by atoms with Gasteiger partial charge in [0.25, 0.3) is 5.91 Å². The van der Waals surface area contributed by atoms with Crippen LogP contribution in [0.5, 0.6) is 5.75 Å². The molecule has 1 N–H and O–H groups in total. The van der Waals surface area contributed by atoms with Crippen molar-refractivity contribution in [3.63, 3.8) is 0 Å². The summed E-state index contributed by atoms with van der Waals surface area (Å²) in [6, 6.07) is 13.7. The van der Waals surface area contributed by atoms with Crippen LogP contribution in [-0.4, -0.2) is 16.0 Å². The normalized spacial score (nSPS) is 11.0. The summed E-state index contributed by atoms with van der Waals surface area (Å²) in [7, 11) is 0. The van der Waals surface area contributed by atoms with Gasteiger partial charge in [-0.3, -0.25) is 10.1 Å². The highest BCUT2D eigenvalue weighted by atomic mass is 32.1. The largest absolute Gasteiger partial charge is 0.489 e. The Bertz CT molecular complexity index is 1150. The van der Waals surface area contributed by atoms with Gasteiger partial charge in [0.05, 0.1) is 15.8 Å². The van der Waals surface area contributed by atoms with Gasteiger partial charge in [-0.05, 0) is 44.5 Å². The summed E-state index contributed by atoms with van der Waals surface area (Å²) in [5.41, 5.74) is 3.94. The van der Waals surface area contributed by atoms with Gasteiger partial charge >= 0.3 is 0 Å². The molecule has 0 radical (unpaired) electrons. The van der Waals surface area contributed by atoms with Gasteiger partial charge in [-0.15, -0.1) is 0 Å². The molecule has 28 heavy (non-hydrogen) atoms. The third kappa shape index (κ3) is 3.61. The van der Waals surface area contributed by atoms with E-state index in [9.17, 15) is 4.79 Å². The first kappa shape index (κ1) is 18.2. The molecule has 0 aliphatic heterocycles. The number of hydrogen-bond donors (Lipinski definition) is 1. The summed E-state index contributed by atoms with van der Waals surface area (Å²) in [6.45, 7) is 5.97. The number of benzene rings is 2. The van der Waals surface area contributed by atoms with Crippen LogP contribution in [0.1, 0.15) is 32.9 Å². The third-order valence-corrected chi connectivity index (χ3v) is 5.38. The molecule has 0 saturated carbocycles. The number of carbonyl (C=O) groups is 1. The molecule has 6 nitrogen and oxygen atoms in total. The maximum atomic E-state index is 12.7. The van der Waals surface area contributed by atoms with Gasteiger partial charge in [-0.25, -0.2) is 4.98 Å². The van der Waals surface area contributed by atoms with Crippen LogP contribution in [0.3, 0.4) is 0 Å². The van der Waals surface area contributed by atoms with E-state index in [2.05, 4.69) is 15.5 Å². The average molecular weight is 393 g/mol. The highest BCUT2D eigenvalue weighted by Gasteiger charge is 2.21. The monoisotopic (exact) mass is 393 g/mol. The summed E-state index contributed by atoms with van der Waals surface area (Å²) in [5.74, 6) is 0.910. The van der Waals surface area contributed by atoms with E-state index >= 15 is 0 Å². The first-order valence-electron chi connectivity index (χ1n) is 8.83. The Balaban J connectivity index is 1.52. The van der Waals surface area contributed by atoms with Crippen LogP contribution in [0, 0.1) is 20.8 Å². The molecule has 142 valence electrons. The Morgan fingerprint density at radius 1 is 1.14 bits per heavy atom. The number of rotatable bonds is 5. The van der Waals surface area contributed by atoms with Crippen molar-refractivity contribution in [2.75, 3.05) is 5.32 Å². The molecule has 0 fully saturated rings.